The molecule has 4 nitrogen and oxygen atoms in total. The molecule has 0 fully saturated rings. The maximum atomic E-state index is 8.85. The van der Waals surface area contributed by atoms with Crippen molar-refractivity contribution in [3.05, 3.63) is 18.2 Å². The zero-order chi connectivity index (χ0) is 8.27. The third-order valence-corrected chi connectivity index (χ3v) is 1.13. The molecule has 0 aromatic heterocycles. The lowest BCUT2D eigenvalue weighted by Crippen LogP contribution is -1.75. The maximum absolute atomic E-state index is 8.85. The molecule has 0 saturated heterocycles. The zero-order valence-electron chi connectivity index (χ0n) is 5.56. The lowest BCUT2D eigenvalue weighted by atomic mass is 10.3. The Morgan fingerprint density at radius 3 is 2.36 bits per heavy atom. The van der Waals surface area contributed by atoms with Crippen molar-refractivity contribution in [2.45, 2.75) is 0 Å². The van der Waals surface area contributed by atoms with Crippen molar-refractivity contribution in [3.63, 3.8) is 0 Å². The van der Waals surface area contributed by atoms with E-state index in [1.807, 2.05) is 6.07 Å². The average molecular weight is 153 g/mol. The molecule has 5 heteroatoms. The molecule has 57 valence electrons. The molecule has 0 bridgehead atoms. The Bertz CT molecular complexity index is 250. The smallest absolute Gasteiger partial charge is 0.482 e. The Morgan fingerprint density at radius 1 is 1.27 bits per heavy atom. The minimum absolute atomic E-state index is 0. The van der Waals surface area contributed by atoms with E-state index in [0.717, 1.165) is 5.75 Å². The first-order valence-electron chi connectivity index (χ1n) is 2.89. The van der Waals surface area contributed by atoms with Crippen LogP contribution >= 0.6 is 0 Å². The summed E-state index contributed by atoms with van der Waals surface area (Å²) >= 11 is 0. The van der Waals surface area contributed by atoms with E-state index in [-0.39, 0.29) is 13.4 Å². The molecular weight excluding hydrogens is 147 g/mol. The van der Waals surface area contributed by atoms with Gasteiger partial charge in [-0.3, -0.25) is 0 Å². The first kappa shape index (κ1) is 7.91. The molecule has 0 aliphatic carbocycles. The molecule has 1 heterocycles. The van der Waals surface area contributed by atoms with Crippen LogP contribution in [0.3, 0.4) is 0 Å². The summed E-state index contributed by atoms with van der Waals surface area (Å²) in [5.41, 5.74) is 0. The molecule has 1 aromatic carbocycles. The zero-order valence-corrected chi connectivity index (χ0v) is 5.56. The summed E-state index contributed by atoms with van der Waals surface area (Å²) in [7, 11) is 0. The molecule has 1 aromatic rings. The van der Waals surface area contributed by atoms with Gasteiger partial charge in [0.1, 0.15) is 0 Å². The molecule has 0 atom stereocenters. The molecule has 1 radical (unpaired) electrons. The molecule has 11 heavy (non-hydrogen) atoms. The molecule has 1 aliphatic heterocycles. The van der Waals surface area contributed by atoms with E-state index in [1.165, 1.54) is 0 Å². The third kappa shape index (κ3) is 1.86. The van der Waals surface area contributed by atoms with Gasteiger partial charge in [-0.15, -0.1) is 0 Å². The highest BCUT2D eigenvalue weighted by Gasteiger charge is 2.22. The number of phenolic OH excluding ortho intramolecular Hbond substituents is 1. The van der Waals surface area contributed by atoms with E-state index in [0.29, 0.717) is 5.75 Å². The Balaban J connectivity index is 0.000000179. The summed E-state index contributed by atoms with van der Waals surface area (Å²) in [6.45, 7) is 0. The largest absolute Gasteiger partial charge is 0.504 e. The fourth-order valence-electron chi connectivity index (χ4n) is 0.675. The lowest BCUT2D eigenvalue weighted by molar-refractivity contribution is 0.448. The van der Waals surface area contributed by atoms with Crippen LogP contribution in [0, 0.1) is 0 Å². The Labute approximate surface area is 64.0 Å². The maximum Gasteiger partial charge on any atom is 0.482 e. The minimum atomic E-state index is 0. The minimum Gasteiger partial charge on any atom is -0.504 e. The van der Waals surface area contributed by atoms with Gasteiger partial charge in [-0.25, -0.2) is 0 Å². The predicted molar refractivity (Wildman–Crippen MR) is 38.4 cm³/mol. The van der Waals surface area contributed by atoms with Crippen LogP contribution in [0.1, 0.15) is 0 Å². The van der Waals surface area contributed by atoms with Crippen LogP contribution < -0.4 is 4.74 Å². The van der Waals surface area contributed by atoms with Gasteiger partial charge in [-0.2, -0.15) is 0 Å². The second kappa shape index (κ2) is 3.27. The topological polar surface area (TPSA) is 73.2 Å². The van der Waals surface area contributed by atoms with Crippen LogP contribution in [0.5, 0.6) is 17.2 Å². The molecule has 3 N–H and O–H groups in total. The van der Waals surface area contributed by atoms with E-state index in [1.54, 1.807) is 12.1 Å². The van der Waals surface area contributed by atoms with Crippen molar-refractivity contribution in [3.8, 4) is 17.2 Å². The first-order chi connectivity index (χ1) is 5.29. The molecule has 0 unspecified atom stereocenters. The van der Waals surface area contributed by atoms with Gasteiger partial charge in [0, 0.05) is 0 Å². The average Bonchev–Trinajstić information content (AvgIpc) is 2.69. The number of hydrogen-bond donors (Lipinski definition) is 3. The summed E-state index contributed by atoms with van der Waals surface area (Å²) < 4.78 is 4.82. The highest BCUT2D eigenvalue weighted by atomic mass is 16.6. The number of ether oxygens (including phenoxy) is 1. The summed E-state index contributed by atoms with van der Waals surface area (Å²) in [5.74, 6) is 1.67. The SMILES string of the molecule is O[B]O.Oc1cccc2c1O2. The van der Waals surface area contributed by atoms with Crippen LogP contribution in [0.4, 0.5) is 0 Å². The number of para-hydroxylation sites is 1. The number of rotatable bonds is 0. The standard InChI is InChI=1S/C6H4O2.BH2O2/c7-4-2-1-3-5-6(4)8-5;2-1-3/h1-3,7H;2-3H. The number of hydrogen-bond acceptors (Lipinski definition) is 4. The van der Waals surface area contributed by atoms with Gasteiger partial charge in [0.2, 0.25) is 5.75 Å². The quantitative estimate of drug-likeness (QED) is 0.368. The second-order valence-corrected chi connectivity index (χ2v) is 1.82. The lowest BCUT2D eigenvalue weighted by Gasteiger charge is -1.77. The van der Waals surface area contributed by atoms with E-state index in [9.17, 15) is 0 Å². The molecule has 0 saturated carbocycles. The van der Waals surface area contributed by atoms with Crippen LogP contribution in [0.2, 0.25) is 0 Å². The van der Waals surface area contributed by atoms with Gasteiger partial charge in [-0.1, -0.05) is 6.07 Å². The molecule has 1 aliphatic rings. The van der Waals surface area contributed by atoms with Gasteiger partial charge in [0.25, 0.3) is 0 Å². The van der Waals surface area contributed by atoms with Gasteiger partial charge in [-0.05, 0) is 12.1 Å². The van der Waals surface area contributed by atoms with Crippen LogP contribution in [0.15, 0.2) is 18.2 Å². The highest BCUT2D eigenvalue weighted by Crippen LogP contribution is 2.51. The van der Waals surface area contributed by atoms with Crippen molar-refractivity contribution in [2.75, 3.05) is 0 Å². The Kier molecular flexibility index (Phi) is 2.35. The van der Waals surface area contributed by atoms with Gasteiger partial charge >= 0.3 is 7.69 Å². The normalized spacial score (nSPS) is 10.0. The fraction of sp³-hybridized carbons (Fsp3) is 0. The number of phenols is 1. The predicted octanol–water partition coefficient (Wildman–Crippen LogP) is 0.00310. The number of fused-ring (bicyclic) bond motifs is 1. The molecule has 2 rings (SSSR count). The van der Waals surface area contributed by atoms with Crippen molar-refractivity contribution in [2.24, 2.45) is 0 Å². The third-order valence-electron chi connectivity index (χ3n) is 1.13. The second-order valence-electron chi connectivity index (χ2n) is 1.82. The van der Waals surface area contributed by atoms with E-state index >= 15 is 0 Å². The fourth-order valence-corrected chi connectivity index (χ4v) is 0.675. The summed E-state index contributed by atoms with van der Waals surface area (Å²) in [4.78, 5) is 0. The summed E-state index contributed by atoms with van der Waals surface area (Å²) in [6.07, 6.45) is 0. The summed E-state index contributed by atoms with van der Waals surface area (Å²) in [5, 5.41) is 22.8. The Morgan fingerprint density at radius 2 is 1.91 bits per heavy atom. The van der Waals surface area contributed by atoms with E-state index < -0.39 is 0 Å². The molecular formula is C6H6BO4. The monoisotopic (exact) mass is 153 g/mol. The van der Waals surface area contributed by atoms with Crippen molar-refractivity contribution in [1.82, 2.24) is 0 Å². The number of benzene rings is 1. The molecule has 0 spiro atoms. The van der Waals surface area contributed by atoms with Crippen molar-refractivity contribution in [1.29, 1.82) is 0 Å². The molecule has 0 amide bonds. The van der Waals surface area contributed by atoms with Gasteiger partial charge in [0.15, 0.2) is 11.5 Å². The number of aromatic hydroxyl groups is 1. The van der Waals surface area contributed by atoms with Crippen molar-refractivity contribution < 1.29 is 19.9 Å². The first-order valence-corrected chi connectivity index (χ1v) is 2.89. The van der Waals surface area contributed by atoms with E-state index in [4.69, 9.17) is 19.9 Å². The van der Waals surface area contributed by atoms with E-state index in [2.05, 4.69) is 0 Å². The van der Waals surface area contributed by atoms with Crippen molar-refractivity contribution >= 4 is 7.69 Å². The van der Waals surface area contributed by atoms with Gasteiger partial charge in [0.05, 0.1) is 0 Å². The highest BCUT2D eigenvalue weighted by molar-refractivity contribution is 6.13. The van der Waals surface area contributed by atoms with Gasteiger partial charge < -0.3 is 19.9 Å². The van der Waals surface area contributed by atoms with Crippen LogP contribution in [-0.4, -0.2) is 22.8 Å². The summed E-state index contributed by atoms with van der Waals surface area (Å²) in [6, 6.07) is 5.17. The Hall–Kier alpha value is -1.20. The van der Waals surface area contributed by atoms with Crippen LogP contribution in [0.25, 0.3) is 0 Å². The van der Waals surface area contributed by atoms with Crippen LogP contribution in [-0.2, 0) is 0 Å².